The molecule has 5 heterocycles. The molecule has 0 spiro atoms. The number of likely N-dealkylation sites (tertiary alicyclic amines) is 1. The van der Waals surface area contributed by atoms with Crippen molar-refractivity contribution in [3.8, 4) is 0 Å². The zero-order valence-corrected chi connectivity index (χ0v) is 26.1. The first kappa shape index (κ1) is 29.6. The number of rotatable bonds is 9. The normalized spacial score (nSPS) is 22.5. The van der Waals surface area contributed by atoms with Crippen molar-refractivity contribution < 1.29 is 4.79 Å². The molecule has 4 aliphatic rings. The van der Waals surface area contributed by atoms with Crippen LogP contribution >= 0.6 is 0 Å². The van der Waals surface area contributed by atoms with E-state index < -0.39 is 0 Å². The molecule has 10 nitrogen and oxygen atoms in total. The van der Waals surface area contributed by atoms with Gasteiger partial charge in [-0.15, -0.1) is 0 Å². The van der Waals surface area contributed by atoms with Gasteiger partial charge in [-0.1, -0.05) is 24.3 Å². The lowest BCUT2D eigenvalue weighted by Crippen LogP contribution is -2.53. The van der Waals surface area contributed by atoms with Crippen LogP contribution in [0.15, 0.2) is 42.5 Å². The van der Waals surface area contributed by atoms with Gasteiger partial charge in [-0.3, -0.25) is 4.90 Å². The quantitative estimate of drug-likeness (QED) is 0.347. The number of aromatic nitrogens is 3. The van der Waals surface area contributed by atoms with Gasteiger partial charge in [0.2, 0.25) is 0 Å². The summed E-state index contributed by atoms with van der Waals surface area (Å²) in [4.78, 5) is 23.3. The van der Waals surface area contributed by atoms with Crippen molar-refractivity contribution in [3.05, 3.63) is 53.6 Å². The van der Waals surface area contributed by atoms with Gasteiger partial charge >= 0.3 is 6.03 Å². The van der Waals surface area contributed by atoms with Gasteiger partial charge < -0.3 is 25.3 Å². The molecule has 0 radical (unpaired) electrons. The zero-order chi connectivity index (χ0) is 29.7. The number of nitrogens with one attached hydrogen (secondary N) is 3. The molecule has 3 N–H and O–H groups in total. The van der Waals surface area contributed by atoms with Crippen LogP contribution in [0.5, 0.6) is 0 Å². The standard InChI is InChI=1S/C34H49N9O/c44-34-36-31-4-2-1-3-28(31)10-18-43(34)30-11-16-40(17-12-30)15-9-27(23-26-5-6-32-33(24-26)38-39-37-32)25-41-19-21-42(22-20-41)29-7-13-35-14-8-29/h1-6,24,27,29-30,35H,7-23,25H2,(H,36,44)(H,37,38,39). The minimum Gasteiger partial charge on any atom is -0.321 e. The molecule has 1 aromatic heterocycles. The van der Waals surface area contributed by atoms with Gasteiger partial charge in [-0.05, 0) is 99.8 Å². The molecule has 236 valence electrons. The first-order valence-corrected chi connectivity index (χ1v) is 17.0. The number of carbonyl (C=O) groups is 1. The van der Waals surface area contributed by atoms with Crippen LogP contribution < -0.4 is 10.6 Å². The Kier molecular flexibility index (Phi) is 9.39. The SMILES string of the molecule is O=C1Nc2ccccc2CCN1C1CCN(CCC(Cc2ccc3n[nH]nc3c2)CN2CCN(C3CCNCC3)CC2)CC1. The van der Waals surface area contributed by atoms with Crippen LogP contribution in [0.25, 0.3) is 11.0 Å². The van der Waals surface area contributed by atoms with Gasteiger partial charge in [-0.25, -0.2) is 4.79 Å². The number of nitrogens with zero attached hydrogens (tertiary/aromatic N) is 6. The molecule has 7 rings (SSSR count). The number of piperidine rings is 2. The number of aromatic amines is 1. The zero-order valence-electron chi connectivity index (χ0n) is 26.1. The van der Waals surface area contributed by atoms with Gasteiger partial charge in [0.05, 0.1) is 0 Å². The van der Waals surface area contributed by atoms with Crippen molar-refractivity contribution in [1.82, 2.24) is 40.3 Å². The number of para-hydroxylation sites is 1. The number of piperazine rings is 1. The van der Waals surface area contributed by atoms with Crippen LogP contribution in [0.4, 0.5) is 10.5 Å². The summed E-state index contributed by atoms with van der Waals surface area (Å²) in [6, 6.07) is 15.9. The molecule has 0 saturated carbocycles. The monoisotopic (exact) mass is 599 g/mol. The molecule has 3 fully saturated rings. The Bertz CT molecular complexity index is 1370. The fraction of sp³-hybridized carbons (Fsp3) is 0.618. The van der Waals surface area contributed by atoms with Crippen LogP contribution in [-0.2, 0) is 12.8 Å². The van der Waals surface area contributed by atoms with Crippen molar-refractivity contribution in [3.63, 3.8) is 0 Å². The number of carbonyl (C=O) groups excluding carboxylic acids is 1. The van der Waals surface area contributed by atoms with Crippen molar-refractivity contribution in [2.24, 2.45) is 5.92 Å². The molecule has 44 heavy (non-hydrogen) atoms. The highest BCUT2D eigenvalue weighted by atomic mass is 16.2. The van der Waals surface area contributed by atoms with Gasteiger partial charge in [-0.2, -0.15) is 15.4 Å². The molecule has 4 aliphatic heterocycles. The van der Waals surface area contributed by atoms with Crippen LogP contribution in [-0.4, -0.2) is 125 Å². The molecular weight excluding hydrogens is 550 g/mol. The Morgan fingerprint density at radius 1 is 0.818 bits per heavy atom. The summed E-state index contributed by atoms with van der Waals surface area (Å²) in [6.45, 7) is 12.3. The number of amides is 2. The van der Waals surface area contributed by atoms with Gasteiger partial charge in [0, 0.05) is 70.1 Å². The summed E-state index contributed by atoms with van der Waals surface area (Å²) in [5.41, 5.74) is 5.46. The first-order valence-electron chi connectivity index (χ1n) is 17.0. The summed E-state index contributed by atoms with van der Waals surface area (Å²) in [5, 5.41) is 18.0. The second-order valence-corrected chi connectivity index (χ2v) is 13.4. The summed E-state index contributed by atoms with van der Waals surface area (Å²) >= 11 is 0. The number of hydrogen-bond acceptors (Lipinski definition) is 7. The van der Waals surface area contributed by atoms with Crippen LogP contribution in [0, 0.1) is 5.92 Å². The molecule has 2 aromatic carbocycles. The first-order chi connectivity index (χ1) is 21.7. The predicted octanol–water partition coefficient (Wildman–Crippen LogP) is 3.43. The molecule has 3 aromatic rings. The summed E-state index contributed by atoms with van der Waals surface area (Å²) < 4.78 is 0. The third-order valence-corrected chi connectivity index (χ3v) is 10.6. The number of H-pyrrole nitrogens is 1. The molecule has 10 heteroatoms. The Hall–Kier alpha value is -3.05. The Morgan fingerprint density at radius 2 is 1.61 bits per heavy atom. The van der Waals surface area contributed by atoms with E-state index in [2.05, 4.69) is 76.0 Å². The lowest BCUT2D eigenvalue weighted by Gasteiger charge is -2.42. The van der Waals surface area contributed by atoms with Gasteiger partial charge in [0.15, 0.2) is 0 Å². The van der Waals surface area contributed by atoms with E-state index in [0.717, 1.165) is 81.2 Å². The van der Waals surface area contributed by atoms with E-state index in [0.29, 0.717) is 12.0 Å². The fourth-order valence-corrected chi connectivity index (χ4v) is 8.01. The topological polar surface area (TPSA) is 95.7 Å². The van der Waals surface area contributed by atoms with E-state index in [1.165, 1.54) is 69.7 Å². The largest absolute Gasteiger partial charge is 0.322 e. The number of anilines is 1. The highest BCUT2D eigenvalue weighted by Crippen LogP contribution is 2.26. The lowest BCUT2D eigenvalue weighted by atomic mass is 9.93. The van der Waals surface area contributed by atoms with Crippen molar-refractivity contribution in [1.29, 1.82) is 0 Å². The minimum atomic E-state index is 0.0674. The number of hydrogen-bond donors (Lipinski definition) is 3. The van der Waals surface area contributed by atoms with Gasteiger partial charge in [0.1, 0.15) is 11.0 Å². The van der Waals surface area contributed by atoms with Crippen molar-refractivity contribution in [2.75, 3.05) is 77.3 Å². The molecule has 2 amide bonds. The maximum atomic E-state index is 13.1. The molecule has 1 unspecified atom stereocenters. The summed E-state index contributed by atoms with van der Waals surface area (Å²) in [6.07, 6.45) is 7.87. The van der Waals surface area contributed by atoms with E-state index in [4.69, 9.17) is 0 Å². The maximum Gasteiger partial charge on any atom is 0.322 e. The predicted molar refractivity (Wildman–Crippen MR) is 175 cm³/mol. The van der Waals surface area contributed by atoms with Crippen molar-refractivity contribution >= 4 is 22.8 Å². The average molecular weight is 600 g/mol. The number of urea groups is 1. The molecule has 0 bridgehead atoms. The highest BCUT2D eigenvalue weighted by molar-refractivity contribution is 5.91. The van der Waals surface area contributed by atoms with Crippen LogP contribution in [0.1, 0.15) is 43.2 Å². The van der Waals surface area contributed by atoms with E-state index in [1.54, 1.807) is 0 Å². The molecule has 0 aliphatic carbocycles. The average Bonchev–Trinajstić information content (AvgIpc) is 3.47. The van der Waals surface area contributed by atoms with E-state index >= 15 is 0 Å². The third kappa shape index (κ3) is 7.09. The molecule has 3 saturated heterocycles. The maximum absolute atomic E-state index is 13.1. The van der Waals surface area contributed by atoms with Crippen molar-refractivity contribution in [2.45, 2.75) is 57.0 Å². The fourth-order valence-electron chi connectivity index (χ4n) is 8.01. The van der Waals surface area contributed by atoms with E-state index in [-0.39, 0.29) is 6.03 Å². The summed E-state index contributed by atoms with van der Waals surface area (Å²) in [5.74, 6) is 0.595. The Morgan fingerprint density at radius 3 is 2.45 bits per heavy atom. The van der Waals surface area contributed by atoms with Gasteiger partial charge in [0.25, 0.3) is 0 Å². The van der Waals surface area contributed by atoms with Crippen LogP contribution in [0.3, 0.4) is 0 Å². The van der Waals surface area contributed by atoms with Crippen LogP contribution in [0.2, 0.25) is 0 Å². The third-order valence-electron chi connectivity index (χ3n) is 10.6. The highest BCUT2D eigenvalue weighted by Gasteiger charge is 2.31. The smallest absolute Gasteiger partial charge is 0.321 e. The molecular formula is C34H49N9O. The number of benzene rings is 2. The second-order valence-electron chi connectivity index (χ2n) is 13.4. The molecule has 1 atom stereocenters. The summed E-state index contributed by atoms with van der Waals surface area (Å²) in [7, 11) is 0. The Balaban J connectivity index is 0.932. The van der Waals surface area contributed by atoms with E-state index in [1.807, 2.05) is 12.1 Å². The second kappa shape index (κ2) is 13.9. The Labute approximate surface area is 261 Å². The number of fused-ring (bicyclic) bond motifs is 2. The lowest BCUT2D eigenvalue weighted by molar-refractivity contribution is 0.0700. The van der Waals surface area contributed by atoms with E-state index in [9.17, 15) is 4.79 Å². The minimum absolute atomic E-state index is 0.0674.